The van der Waals surface area contributed by atoms with Crippen LogP contribution in [0.3, 0.4) is 0 Å². The number of nitrogens with zero attached hydrogens (tertiary/aromatic N) is 3. The lowest BCUT2D eigenvalue weighted by atomic mass is 10.3. The van der Waals surface area contributed by atoms with Crippen molar-refractivity contribution in [1.29, 1.82) is 0 Å². The molecule has 2 heterocycles. The van der Waals surface area contributed by atoms with Gasteiger partial charge in [-0.15, -0.1) is 0 Å². The van der Waals surface area contributed by atoms with Crippen molar-refractivity contribution in [2.75, 3.05) is 23.0 Å². The van der Waals surface area contributed by atoms with Gasteiger partial charge >= 0.3 is 5.97 Å². The summed E-state index contributed by atoms with van der Waals surface area (Å²) in [5.74, 6) is 1.55. The normalized spacial score (nSPS) is 21.7. The van der Waals surface area contributed by atoms with Crippen LogP contribution in [0.1, 0.15) is 0 Å². The van der Waals surface area contributed by atoms with E-state index < -0.39 is 12.0 Å². The Morgan fingerprint density at radius 3 is 3.13 bits per heavy atom. The number of aliphatic carboxylic acids is 1. The van der Waals surface area contributed by atoms with Crippen LogP contribution in [-0.2, 0) is 11.8 Å². The second-order valence-electron chi connectivity index (χ2n) is 3.46. The molecule has 1 aromatic rings. The van der Waals surface area contributed by atoms with E-state index in [1.54, 1.807) is 18.0 Å². The number of aryl methyl sites for hydroxylation is 1. The summed E-state index contributed by atoms with van der Waals surface area (Å²) < 4.78 is 1.85. The number of anilines is 1. The summed E-state index contributed by atoms with van der Waals surface area (Å²) in [6, 6.07) is -0.454. The number of carboxylic acid groups (broad SMARTS) is 1. The van der Waals surface area contributed by atoms with Gasteiger partial charge in [0, 0.05) is 37.5 Å². The van der Waals surface area contributed by atoms with E-state index in [0.29, 0.717) is 5.75 Å². The van der Waals surface area contributed by atoms with Crippen LogP contribution in [-0.4, -0.2) is 44.7 Å². The monoisotopic (exact) mass is 227 g/mol. The van der Waals surface area contributed by atoms with Crippen molar-refractivity contribution in [3.63, 3.8) is 0 Å². The largest absolute Gasteiger partial charge is 0.480 e. The molecule has 1 atom stereocenters. The average Bonchev–Trinajstić information content (AvgIpc) is 2.64. The highest BCUT2D eigenvalue weighted by molar-refractivity contribution is 7.99. The second-order valence-corrected chi connectivity index (χ2v) is 4.61. The van der Waals surface area contributed by atoms with Crippen molar-refractivity contribution in [2.24, 2.45) is 7.05 Å². The number of imidazole rings is 1. The molecule has 1 aliphatic heterocycles. The molecular weight excluding hydrogens is 214 g/mol. The van der Waals surface area contributed by atoms with Crippen molar-refractivity contribution in [3.8, 4) is 0 Å². The van der Waals surface area contributed by atoms with E-state index in [-0.39, 0.29) is 0 Å². The smallest absolute Gasteiger partial charge is 0.327 e. The minimum Gasteiger partial charge on any atom is -0.480 e. The van der Waals surface area contributed by atoms with Crippen LogP contribution in [0, 0.1) is 0 Å². The minimum absolute atomic E-state index is 0.454. The maximum absolute atomic E-state index is 11.1. The standard InChI is InChI=1S/C9H13N3O2S/c1-11-3-2-10-9(11)12-4-5-15-6-7(12)8(13)14/h2-3,7H,4-6H2,1H3,(H,13,14). The Kier molecular flexibility index (Phi) is 2.86. The van der Waals surface area contributed by atoms with Gasteiger partial charge in [0.15, 0.2) is 0 Å². The Hall–Kier alpha value is -1.17. The fourth-order valence-corrected chi connectivity index (χ4v) is 2.72. The first-order chi connectivity index (χ1) is 7.20. The van der Waals surface area contributed by atoms with Gasteiger partial charge in [0.25, 0.3) is 0 Å². The molecule has 0 amide bonds. The number of hydrogen-bond donors (Lipinski definition) is 1. The van der Waals surface area contributed by atoms with Crippen molar-refractivity contribution in [2.45, 2.75) is 6.04 Å². The number of carboxylic acids is 1. The molecule has 0 bridgehead atoms. The molecule has 1 aromatic heterocycles. The summed E-state index contributed by atoms with van der Waals surface area (Å²) in [5.41, 5.74) is 0. The van der Waals surface area contributed by atoms with E-state index in [2.05, 4.69) is 4.98 Å². The predicted molar refractivity (Wildman–Crippen MR) is 59.3 cm³/mol. The van der Waals surface area contributed by atoms with Crippen LogP contribution in [0.2, 0.25) is 0 Å². The van der Waals surface area contributed by atoms with E-state index in [1.807, 2.05) is 22.7 Å². The highest BCUT2D eigenvalue weighted by atomic mass is 32.2. The maximum Gasteiger partial charge on any atom is 0.327 e. The summed E-state index contributed by atoms with van der Waals surface area (Å²) in [5, 5.41) is 9.11. The molecule has 15 heavy (non-hydrogen) atoms. The van der Waals surface area contributed by atoms with Gasteiger partial charge in [-0.1, -0.05) is 0 Å². The van der Waals surface area contributed by atoms with Crippen LogP contribution in [0.15, 0.2) is 12.4 Å². The van der Waals surface area contributed by atoms with Gasteiger partial charge < -0.3 is 14.6 Å². The van der Waals surface area contributed by atoms with Gasteiger partial charge in [0.1, 0.15) is 6.04 Å². The lowest BCUT2D eigenvalue weighted by molar-refractivity contribution is -0.138. The van der Waals surface area contributed by atoms with E-state index in [1.165, 1.54) is 0 Å². The van der Waals surface area contributed by atoms with Gasteiger partial charge in [0.05, 0.1) is 0 Å². The molecule has 6 heteroatoms. The van der Waals surface area contributed by atoms with Crippen LogP contribution < -0.4 is 4.90 Å². The number of thioether (sulfide) groups is 1. The molecular formula is C9H13N3O2S. The Labute approximate surface area is 92.1 Å². The first-order valence-corrected chi connectivity index (χ1v) is 5.90. The topological polar surface area (TPSA) is 58.4 Å². The lowest BCUT2D eigenvalue weighted by Crippen LogP contribution is -2.48. The number of aromatic nitrogens is 2. The molecule has 1 fully saturated rings. The molecule has 1 unspecified atom stereocenters. The van der Waals surface area contributed by atoms with Crippen molar-refractivity contribution >= 4 is 23.7 Å². The highest BCUT2D eigenvalue weighted by Gasteiger charge is 2.30. The van der Waals surface area contributed by atoms with Crippen molar-refractivity contribution in [1.82, 2.24) is 9.55 Å². The van der Waals surface area contributed by atoms with Crippen LogP contribution in [0.5, 0.6) is 0 Å². The number of rotatable bonds is 2. The molecule has 1 aliphatic rings. The van der Waals surface area contributed by atoms with Gasteiger partial charge in [0.2, 0.25) is 5.95 Å². The lowest BCUT2D eigenvalue weighted by Gasteiger charge is -2.33. The molecule has 5 nitrogen and oxygen atoms in total. The average molecular weight is 227 g/mol. The summed E-state index contributed by atoms with van der Waals surface area (Å²) in [6.07, 6.45) is 3.52. The quantitative estimate of drug-likeness (QED) is 0.794. The zero-order valence-electron chi connectivity index (χ0n) is 8.46. The summed E-state index contributed by atoms with van der Waals surface area (Å²) >= 11 is 1.68. The first kappa shape index (κ1) is 10.4. The Morgan fingerprint density at radius 2 is 2.53 bits per heavy atom. The molecule has 1 saturated heterocycles. The van der Waals surface area contributed by atoms with Gasteiger partial charge in [-0.05, 0) is 0 Å². The molecule has 0 aliphatic carbocycles. The van der Waals surface area contributed by atoms with Crippen LogP contribution in [0.25, 0.3) is 0 Å². The number of carbonyl (C=O) groups is 1. The molecule has 2 rings (SSSR count). The molecule has 0 aromatic carbocycles. The SMILES string of the molecule is Cn1ccnc1N1CCSCC1C(=O)O. The Bertz CT molecular complexity index is 366. The van der Waals surface area contributed by atoms with E-state index in [4.69, 9.17) is 5.11 Å². The minimum atomic E-state index is -0.773. The molecule has 0 saturated carbocycles. The van der Waals surface area contributed by atoms with Crippen molar-refractivity contribution < 1.29 is 9.90 Å². The van der Waals surface area contributed by atoms with E-state index >= 15 is 0 Å². The van der Waals surface area contributed by atoms with Gasteiger partial charge in [-0.25, -0.2) is 9.78 Å². The molecule has 1 N–H and O–H groups in total. The van der Waals surface area contributed by atoms with E-state index in [0.717, 1.165) is 18.2 Å². The van der Waals surface area contributed by atoms with Gasteiger partial charge in [-0.3, -0.25) is 0 Å². The summed E-state index contributed by atoms with van der Waals surface area (Å²) in [4.78, 5) is 17.1. The molecule has 0 spiro atoms. The fourth-order valence-electron chi connectivity index (χ4n) is 1.68. The third-order valence-corrected chi connectivity index (χ3v) is 3.49. The van der Waals surface area contributed by atoms with E-state index in [9.17, 15) is 4.79 Å². The maximum atomic E-state index is 11.1. The third kappa shape index (κ3) is 1.94. The third-order valence-electron chi connectivity index (χ3n) is 2.47. The fraction of sp³-hybridized carbons (Fsp3) is 0.556. The zero-order valence-corrected chi connectivity index (χ0v) is 9.28. The zero-order chi connectivity index (χ0) is 10.8. The summed E-state index contributed by atoms with van der Waals surface area (Å²) in [7, 11) is 1.88. The number of hydrogen-bond acceptors (Lipinski definition) is 4. The Balaban J connectivity index is 2.25. The molecule has 82 valence electrons. The van der Waals surface area contributed by atoms with Gasteiger partial charge in [-0.2, -0.15) is 11.8 Å². The van der Waals surface area contributed by atoms with Crippen molar-refractivity contribution in [3.05, 3.63) is 12.4 Å². The Morgan fingerprint density at radius 1 is 1.73 bits per heavy atom. The van der Waals surface area contributed by atoms with Crippen LogP contribution >= 0.6 is 11.8 Å². The predicted octanol–water partition coefficient (Wildman–Crippen LogP) is 0.426. The van der Waals surface area contributed by atoms with Crippen LogP contribution in [0.4, 0.5) is 5.95 Å². The summed E-state index contributed by atoms with van der Waals surface area (Å²) in [6.45, 7) is 0.743. The second kappa shape index (κ2) is 4.14. The first-order valence-electron chi connectivity index (χ1n) is 4.74. The highest BCUT2D eigenvalue weighted by Crippen LogP contribution is 2.22. The molecule has 0 radical (unpaired) electrons.